The number of benzene rings is 1. The van der Waals surface area contributed by atoms with E-state index in [-0.39, 0.29) is 0 Å². The molecule has 0 spiro atoms. The summed E-state index contributed by atoms with van der Waals surface area (Å²) < 4.78 is 16.1. The standard InChI is InChI=1S/C19H21N5O3/c1-25-15-9-14(10-16(26-2)18(15)27-3)23-19-21-8-6-17(24-19)22-12-13-5-4-7-20-11-13/h4-11H,12H2,1-3H3,(H2,21,22,23,24). The molecule has 3 rings (SSSR count). The molecule has 1 aromatic carbocycles. The molecule has 0 unspecified atom stereocenters. The first-order valence-electron chi connectivity index (χ1n) is 8.26. The topological polar surface area (TPSA) is 90.4 Å². The number of hydrogen-bond donors (Lipinski definition) is 2. The van der Waals surface area contributed by atoms with E-state index in [0.717, 1.165) is 5.56 Å². The van der Waals surface area contributed by atoms with Gasteiger partial charge in [0.2, 0.25) is 11.7 Å². The molecule has 2 heterocycles. The van der Waals surface area contributed by atoms with Crippen molar-refractivity contribution in [2.75, 3.05) is 32.0 Å². The van der Waals surface area contributed by atoms with E-state index in [4.69, 9.17) is 14.2 Å². The molecule has 0 aliphatic carbocycles. The molecule has 27 heavy (non-hydrogen) atoms. The number of nitrogens with one attached hydrogen (secondary N) is 2. The van der Waals surface area contributed by atoms with E-state index >= 15 is 0 Å². The first kappa shape index (κ1) is 18.2. The lowest BCUT2D eigenvalue weighted by Gasteiger charge is -2.14. The molecule has 8 heteroatoms. The quantitative estimate of drug-likeness (QED) is 0.627. The van der Waals surface area contributed by atoms with Crippen molar-refractivity contribution in [3.8, 4) is 17.2 Å². The van der Waals surface area contributed by atoms with Crippen LogP contribution < -0.4 is 24.8 Å². The van der Waals surface area contributed by atoms with Gasteiger partial charge < -0.3 is 24.8 Å². The van der Waals surface area contributed by atoms with Gasteiger partial charge in [-0.25, -0.2) is 4.98 Å². The van der Waals surface area contributed by atoms with Gasteiger partial charge in [-0.1, -0.05) is 6.07 Å². The van der Waals surface area contributed by atoms with Crippen LogP contribution >= 0.6 is 0 Å². The summed E-state index contributed by atoms with van der Waals surface area (Å²) in [6.07, 6.45) is 5.23. The van der Waals surface area contributed by atoms with Crippen LogP contribution in [0.15, 0.2) is 48.9 Å². The molecule has 0 bridgehead atoms. The normalized spacial score (nSPS) is 10.2. The van der Waals surface area contributed by atoms with Crippen LogP contribution in [0.25, 0.3) is 0 Å². The number of hydrogen-bond acceptors (Lipinski definition) is 8. The Labute approximate surface area is 157 Å². The van der Waals surface area contributed by atoms with Crippen molar-refractivity contribution in [3.63, 3.8) is 0 Å². The molecule has 0 radical (unpaired) electrons. The smallest absolute Gasteiger partial charge is 0.229 e. The fourth-order valence-electron chi connectivity index (χ4n) is 2.50. The molecule has 0 saturated carbocycles. The number of methoxy groups -OCH3 is 3. The third kappa shape index (κ3) is 4.55. The van der Waals surface area contributed by atoms with Gasteiger partial charge in [-0.05, 0) is 17.7 Å². The van der Waals surface area contributed by atoms with Gasteiger partial charge in [0, 0.05) is 43.0 Å². The predicted molar refractivity (Wildman–Crippen MR) is 103 cm³/mol. The highest BCUT2D eigenvalue weighted by atomic mass is 16.5. The molecule has 0 amide bonds. The van der Waals surface area contributed by atoms with Crippen molar-refractivity contribution in [2.45, 2.75) is 6.54 Å². The Hall–Kier alpha value is -3.55. The highest BCUT2D eigenvalue weighted by Gasteiger charge is 2.13. The second-order valence-electron chi connectivity index (χ2n) is 5.52. The number of pyridine rings is 1. The fourth-order valence-corrected chi connectivity index (χ4v) is 2.50. The van der Waals surface area contributed by atoms with Gasteiger partial charge in [0.05, 0.1) is 21.3 Å². The molecular weight excluding hydrogens is 346 g/mol. The first-order valence-corrected chi connectivity index (χ1v) is 8.26. The monoisotopic (exact) mass is 367 g/mol. The second-order valence-corrected chi connectivity index (χ2v) is 5.52. The van der Waals surface area contributed by atoms with Crippen LogP contribution in [0.1, 0.15) is 5.56 Å². The van der Waals surface area contributed by atoms with Crippen LogP contribution in [-0.4, -0.2) is 36.3 Å². The summed E-state index contributed by atoms with van der Waals surface area (Å²) in [5.41, 5.74) is 1.78. The van der Waals surface area contributed by atoms with Crippen molar-refractivity contribution >= 4 is 17.5 Å². The number of aromatic nitrogens is 3. The fraction of sp³-hybridized carbons (Fsp3) is 0.211. The summed E-state index contributed by atoms with van der Waals surface area (Å²) in [7, 11) is 4.70. The van der Waals surface area contributed by atoms with Crippen molar-refractivity contribution in [2.24, 2.45) is 0 Å². The maximum absolute atomic E-state index is 5.36. The summed E-state index contributed by atoms with van der Waals surface area (Å²) in [6, 6.07) is 9.28. The molecular formula is C19H21N5O3. The van der Waals surface area contributed by atoms with E-state index in [2.05, 4.69) is 25.6 Å². The van der Waals surface area contributed by atoms with Crippen LogP contribution in [-0.2, 0) is 6.54 Å². The van der Waals surface area contributed by atoms with E-state index in [9.17, 15) is 0 Å². The van der Waals surface area contributed by atoms with E-state index in [1.54, 1.807) is 51.9 Å². The molecule has 0 aliphatic rings. The molecule has 0 saturated heterocycles. The Morgan fingerprint density at radius 3 is 2.37 bits per heavy atom. The minimum absolute atomic E-state index is 0.445. The maximum atomic E-state index is 5.36. The third-order valence-corrected chi connectivity index (χ3v) is 3.77. The Kier molecular flexibility index (Phi) is 5.88. The zero-order valence-electron chi connectivity index (χ0n) is 15.4. The Morgan fingerprint density at radius 1 is 0.963 bits per heavy atom. The highest BCUT2D eigenvalue weighted by Crippen LogP contribution is 2.40. The van der Waals surface area contributed by atoms with Gasteiger partial charge in [-0.3, -0.25) is 4.98 Å². The summed E-state index contributed by atoms with van der Waals surface area (Å²) >= 11 is 0. The van der Waals surface area contributed by atoms with Crippen LogP contribution in [0.5, 0.6) is 17.2 Å². The second kappa shape index (κ2) is 8.70. The van der Waals surface area contributed by atoms with Gasteiger partial charge in [-0.2, -0.15) is 4.98 Å². The minimum Gasteiger partial charge on any atom is -0.493 e. The van der Waals surface area contributed by atoms with Crippen molar-refractivity contribution in [3.05, 3.63) is 54.5 Å². The average Bonchev–Trinajstić information content (AvgIpc) is 2.72. The van der Waals surface area contributed by atoms with Crippen molar-refractivity contribution < 1.29 is 14.2 Å². The number of rotatable bonds is 8. The SMILES string of the molecule is COc1cc(Nc2nccc(NCc3cccnc3)n2)cc(OC)c1OC. The zero-order valence-corrected chi connectivity index (χ0v) is 15.4. The molecule has 3 aromatic rings. The molecule has 2 aromatic heterocycles. The Morgan fingerprint density at radius 2 is 1.74 bits per heavy atom. The van der Waals surface area contributed by atoms with E-state index in [1.807, 2.05) is 18.3 Å². The van der Waals surface area contributed by atoms with Gasteiger partial charge >= 0.3 is 0 Å². The summed E-state index contributed by atoms with van der Waals surface area (Å²) in [5.74, 6) is 2.76. The maximum Gasteiger partial charge on any atom is 0.229 e. The van der Waals surface area contributed by atoms with Crippen LogP contribution in [0, 0.1) is 0 Å². The first-order chi connectivity index (χ1) is 13.2. The molecule has 2 N–H and O–H groups in total. The summed E-state index contributed by atoms with van der Waals surface area (Å²) in [6.45, 7) is 0.620. The lowest BCUT2D eigenvalue weighted by Crippen LogP contribution is -2.04. The van der Waals surface area contributed by atoms with E-state index < -0.39 is 0 Å². The number of nitrogens with zero attached hydrogens (tertiary/aromatic N) is 3. The Bertz CT molecular complexity index is 865. The van der Waals surface area contributed by atoms with Crippen LogP contribution in [0.2, 0.25) is 0 Å². The van der Waals surface area contributed by atoms with Crippen LogP contribution in [0.4, 0.5) is 17.5 Å². The number of ether oxygens (including phenoxy) is 3. The van der Waals surface area contributed by atoms with Crippen molar-refractivity contribution in [1.29, 1.82) is 0 Å². The lowest BCUT2D eigenvalue weighted by molar-refractivity contribution is 0.324. The Balaban J connectivity index is 1.76. The molecule has 0 aliphatic heterocycles. The molecule has 140 valence electrons. The van der Waals surface area contributed by atoms with Gasteiger partial charge in [0.15, 0.2) is 11.5 Å². The van der Waals surface area contributed by atoms with Crippen molar-refractivity contribution in [1.82, 2.24) is 15.0 Å². The molecule has 8 nitrogen and oxygen atoms in total. The zero-order chi connectivity index (χ0) is 19.1. The molecule has 0 atom stereocenters. The highest BCUT2D eigenvalue weighted by molar-refractivity contribution is 5.66. The number of anilines is 3. The van der Waals surface area contributed by atoms with Crippen LogP contribution in [0.3, 0.4) is 0 Å². The molecule has 0 fully saturated rings. The summed E-state index contributed by atoms with van der Waals surface area (Å²) in [5, 5.41) is 6.40. The van der Waals surface area contributed by atoms with Gasteiger partial charge in [-0.15, -0.1) is 0 Å². The third-order valence-electron chi connectivity index (χ3n) is 3.77. The average molecular weight is 367 g/mol. The lowest BCUT2D eigenvalue weighted by atomic mass is 10.2. The minimum atomic E-state index is 0.445. The van der Waals surface area contributed by atoms with E-state index in [1.165, 1.54) is 0 Å². The summed E-state index contributed by atoms with van der Waals surface area (Å²) in [4.78, 5) is 12.8. The van der Waals surface area contributed by atoms with E-state index in [0.29, 0.717) is 41.2 Å². The van der Waals surface area contributed by atoms with Gasteiger partial charge in [0.25, 0.3) is 0 Å². The largest absolute Gasteiger partial charge is 0.493 e. The van der Waals surface area contributed by atoms with Gasteiger partial charge in [0.1, 0.15) is 5.82 Å². The predicted octanol–water partition coefficient (Wildman–Crippen LogP) is 3.25.